The van der Waals surface area contributed by atoms with Crippen LogP contribution in [0.25, 0.3) is 0 Å². The Morgan fingerprint density at radius 1 is 1.12 bits per heavy atom. The Balaban J connectivity index is 4.25. The molecule has 2 atom stereocenters. The molecule has 0 spiro atoms. The van der Waals surface area contributed by atoms with Gasteiger partial charge >= 0.3 is 0 Å². The molecule has 8 nitrogen and oxygen atoms in total. The number of nitrogens with one attached hydrogen (secondary N) is 2. The van der Waals surface area contributed by atoms with Crippen LogP contribution in [0.2, 0.25) is 0 Å². The fourth-order valence-electron chi connectivity index (χ4n) is 1.90. The second-order valence-corrected chi connectivity index (χ2v) is 8.15. The minimum atomic E-state index is -0.855. The monoisotopic (exact) mass is 376 g/mol. The summed E-state index contributed by atoms with van der Waals surface area (Å²) in [5, 5.41) is 24.6. The van der Waals surface area contributed by atoms with Crippen LogP contribution in [0.5, 0.6) is 0 Å². The second kappa shape index (κ2) is 11.5. The average Bonchev–Trinajstić information content (AvgIpc) is 2.54. The highest BCUT2D eigenvalue weighted by Gasteiger charge is 2.30. The van der Waals surface area contributed by atoms with Crippen molar-refractivity contribution in [3.63, 3.8) is 0 Å². The Bertz CT molecular complexity index is 434. The van der Waals surface area contributed by atoms with Gasteiger partial charge in [0.05, 0.1) is 37.4 Å². The number of ether oxygens (including phenoxy) is 2. The Morgan fingerprint density at radius 3 is 2.23 bits per heavy atom. The van der Waals surface area contributed by atoms with Gasteiger partial charge in [0.15, 0.2) is 0 Å². The number of rotatable bonds is 12. The third-order valence-electron chi connectivity index (χ3n) is 3.79. The van der Waals surface area contributed by atoms with Crippen molar-refractivity contribution in [1.82, 2.24) is 10.6 Å². The minimum Gasteiger partial charge on any atom is -0.394 e. The van der Waals surface area contributed by atoms with E-state index in [1.807, 2.05) is 0 Å². The maximum atomic E-state index is 12.3. The lowest BCUT2D eigenvalue weighted by Crippen LogP contribution is -2.47. The molecule has 26 heavy (non-hydrogen) atoms. The van der Waals surface area contributed by atoms with Crippen molar-refractivity contribution < 1.29 is 29.3 Å². The van der Waals surface area contributed by atoms with Gasteiger partial charge in [0.1, 0.15) is 0 Å². The average molecular weight is 376 g/mol. The van der Waals surface area contributed by atoms with Gasteiger partial charge in [-0.3, -0.25) is 9.59 Å². The van der Waals surface area contributed by atoms with E-state index in [9.17, 15) is 19.8 Å². The van der Waals surface area contributed by atoms with Gasteiger partial charge in [0, 0.05) is 25.7 Å². The van der Waals surface area contributed by atoms with E-state index in [-0.39, 0.29) is 44.2 Å². The van der Waals surface area contributed by atoms with Crippen LogP contribution in [0.15, 0.2) is 0 Å². The highest BCUT2D eigenvalue weighted by molar-refractivity contribution is 5.82. The van der Waals surface area contributed by atoms with E-state index < -0.39 is 16.9 Å². The van der Waals surface area contributed by atoms with Crippen molar-refractivity contribution in [1.29, 1.82) is 0 Å². The first kappa shape index (κ1) is 24.8. The maximum Gasteiger partial charge on any atom is 0.228 e. The topological polar surface area (TPSA) is 117 Å². The van der Waals surface area contributed by atoms with Crippen LogP contribution in [0.4, 0.5) is 0 Å². The molecule has 0 rings (SSSR count). The van der Waals surface area contributed by atoms with Crippen LogP contribution in [0, 0.1) is 10.8 Å². The van der Waals surface area contributed by atoms with Crippen molar-refractivity contribution in [3.05, 3.63) is 0 Å². The van der Waals surface area contributed by atoms with E-state index in [0.717, 1.165) is 0 Å². The van der Waals surface area contributed by atoms with Crippen LogP contribution in [-0.2, 0) is 19.1 Å². The van der Waals surface area contributed by atoms with Crippen molar-refractivity contribution >= 4 is 11.8 Å². The van der Waals surface area contributed by atoms with E-state index in [1.165, 1.54) is 0 Å². The molecule has 0 heterocycles. The van der Waals surface area contributed by atoms with Gasteiger partial charge in [-0.15, -0.1) is 0 Å². The maximum absolute atomic E-state index is 12.3. The minimum absolute atomic E-state index is 0.00817. The number of carbonyl (C=O) groups excluding carboxylic acids is 2. The smallest absolute Gasteiger partial charge is 0.228 e. The van der Waals surface area contributed by atoms with Crippen molar-refractivity contribution in [3.8, 4) is 0 Å². The third kappa shape index (κ3) is 10.1. The van der Waals surface area contributed by atoms with Crippen molar-refractivity contribution in [2.24, 2.45) is 10.8 Å². The molecule has 0 saturated heterocycles. The summed E-state index contributed by atoms with van der Waals surface area (Å²) in [4.78, 5) is 24.1. The molecular formula is C18H36N2O6. The fourth-order valence-corrected chi connectivity index (χ4v) is 1.90. The second-order valence-electron chi connectivity index (χ2n) is 8.15. The first-order valence-corrected chi connectivity index (χ1v) is 8.89. The van der Waals surface area contributed by atoms with Crippen molar-refractivity contribution in [2.45, 2.75) is 53.2 Å². The summed E-state index contributed by atoms with van der Waals surface area (Å²) in [6, 6.07) is -0.375. The lowest BCUT2D eigenvalue weighted by atomic mass is 9.93. The van der Waals surface area contributed by atoms with E-state index in [1.54, 1.807) is 41.7 Å². The molecule has 0 aliphatic rings. The molecule has 0 aromatic carbocycles. The molecule has 0 aliphatic carbocycles. The first-order valence-electron chi connectivity index (χ1n) is 8.89. The number of amides is 2. The van der Waals surface area contributed by atoms with Crippen LogP contribution >= 0.6 is 0 Å². The number of carbonyl (C=O) groups is 2. The van der Waals surface area contributed by atoms with Crippen LogP contribution in [0.3, 0.4) is 0 Å². The quantitative estimate of drug-likeness (QED) is 0.383. The number of aliphatic hydroxyl groups excluding tert-OH is 2. The van der Waals surface area contributed by atoms with Gasteiger partial charge in [0.2, 0.25) is 11.8 Å². The Labute approximate surface area is 156 Å². The fraction of sp³-hybridized carbons (Fsp3) is 0.889. The Kier molecular flexibility index (Phi) is 10.9. The molecule has 0 fully saturated rings. The molecule has 8 heteroatoms. The van der Waals surface area contributed by atoms with Crippen LogP contribution < -0.4 is 10.6 Å². The summed E-state index contributed by atoms with van der Waals surface area (Å²) in [6.07, 6.45) is -0.339. The molecule has 0 radical (unpaired) electrons. The molecular weight excluding hydrogens is 340 g/mol. The zero-order chi connectivity index (χ0) is 20.4. The molecule has 0 saturated carbocycles. The molecule has 0 aliphatic heterocycles. The molecule has 0 aromatic heterocycles. The van der Waals surface area contributed by atoms with Gasteiger partial charge < -0.3 is 30.3 Å². The van der Waals surface area contributed by atoms with Crippen LogP contribution in [0.1, 0.15) is 41.0 Å². The van der Waals surface area contributed by atoms with E-state index >= 15 is 0 Å². The van der Waals surface area contributed by atoms with Gasteiger partial charge in [0.25, 0.3) is 0 Å². The largest absolute Gasteiger partial charge is 0.394 e. The van der Waals surface area contributed by atoms with Crippen molar-refractivity contribution in [2.75, 3.05) is 40.1 Å². The normalized spacial score (nSPS) is 14.6. The summed E-state index contributed by atoms with van der Waals surface area (Å²) < 4.78 is 10.4. The van der Waals surface area contributed by atoms with Gasteiger partial charge in [-0.2, -0.15) is 0 Å². The highest BCUT2D eigenvalue weighted by atomic mass is 16.5. The lowest BCUT2D eigenvalue weighted by Gasteiger charge is -2.27. The van der Waals surface area contributed by atoms with E-state index in [2.05, 4.69) is 10.6 Å². The van der Waals surface area contributed by atoms with Gasteiger partial charge in [-0.1, -0.05) is 20.8 Å². The number of aliphatic hydroxyl groups is 2. The van der Waals surface area contributed by atoms with E-state index in [0.29, 0.717) is 13.0 Å². The van der Waals surface area contributed by atoms with Gasteiger partial charge in [-0.05, 0) is 20.3 Å². The Hall–Kier alpha value is -1.22. The number of hydrogen-bond donors (Lipinski definition) is 4. The first-order chi connectivity index (χ1) is 11.9. The molecule has 1 unspecified atom stereocenters. The summed E-state index contributed by atoms with van der Waals surface area (Å²) in [5.41, 5.74) is -1.35. The third-order valence-corrected chi connectivity index (χ3v) is 3.79. The van der Waals surface area contributed by atoms with Crippen LogP contribution in [-0.4, -0.2) is 74.3 Å². The van der Waals surface area contributed by atoms with E-state index in [4.69, 9.17) is 9.47 Å². The molecule has 0 bridgehead atoms. The predicted octanol–water partition coefficient (Wildman–Crippen LogP) is 0.0660. The summed E-state index contributed by atoms with van der Waals surface area (Å²) in [6.45, 7) is 9.29. The summed E-state index contributed by atoms with van der Waals surface area (Å²) in [7, 11) is 1.56. The molecule has 154 valence electrons. The molecule has 0 aromatic rings. The van der Waals surface area contributed by atoms with Gasteiger partial charge in [-0.25, -0.2) is 0 Å². The predicted molar refractivity (Wildman–Crippen MR) is 98.6 cm³/mol. The summed E-state index contributed by atoms with van der Waals surface area (Å²) in [5.74, 6) is -0.398. The Morgan fingerprint density at radius 2 is 1.73 bits per heavy atom. The zero-order valence-corrected chi connectivity index (χ0v) is 16.9. The SMILES string of the molecule is COCCC(CO)NC(=O)C(C)(C)COC[C@@H](O)CNC(=O)C(C)(C)C. The number of methoxy groups -OCH3 is 1. The highest BCUT2D eigenvalue weighted by Crippen LogP contribution is 2.17. The lowest BCUT2D eigenvalue weighted by molar-refractivity contribution is -0.134. The zero-order valence-electron chi connectivity index (χ0n) is 16.9. The standard InChI is InChI=1S/C18H36N2O6/c1-17(2,3)15(23)19-9-14(22)11-26-12-18(4,5)16(24)20-13(10-21)7-8-25-6/h13-14,21-22H,7-12H2,1-6H3,(H,19,23)(H,20,24)/t13?,14-/m0/s1. The molecule has 2 amide bonds. The summed E-state index contributed by atoms with van der Waals surface area (Å²) >= 11 is 0. The molecule has 4 N–H and O–H groups in total. The number of hydrogen-bond acceptors (Lipinski definition) is 6.